The molecule has 0 spiro atoms. The van der Waals surface area contributed by atoms with Gasteiger partial charge in [0.05, 0.1) is 18.2 Å². The molecule has 144 valence electrons. The normalized spacial score (nSPS) is 11.3. The summed E-state index contributed by atoms with van der Waals surface area (Å²) in [4.78, 5) is 4.60. The third-order valence-electron chi connectivity index (χ3n) is 5.64. The Morgan fingerprint density at radius 1 is 0.500 bits per heavy atom. The molecule has 0 aliphatic carbocycles. The van der Waals surface area contributed by atoms with Gasteiger partial charge in [0.2, 0.25) is 0 Å². The lowest BCUT2D eigenvalue weighted by molar-refractivity contribution is 0.519. The highest BCUT2D eigenvalue weighted by atomic mass is 15.1. The SMILES string of the molecule is c1ccc(-c2cncn2C(c2ccccc2)(c2ccccc2)c2ccccc2)cc1. The first-order chi connectivity index (χ1) is 14.9. The molecule has 0 aliphatic heterocycles. The van der Waals surface area contributed by atoms with E-state index in [1.807, 2.05) is 18.6 Å². The topological polar surface area (TPSA) is 17.8 Å². The molecule has 0 atom stereocenters. The number of benzene rings is 4. The highest BCUT2D eigenvalue weighted by molar-refractivity contribution is 5.62. The van der Waals surface area contributed by atoms with E-state index in [-0.39, 0.29) is 0 Å². The van der Waals surface area contributed by atoms with Gasteiger partial charge in [0.25, 0.3) is 0 Å². The van der Waals surface area contributed by atoms with Crippen LogP contribution in [0.2, 0.25) is 0 Å². The molecule has 0 aliphatic rings. The number of nitrogens with zero attached hydrogens (tertiary/aromatic N) is 2. The first-order valence-electron chi connectivity index (χ1n) is 10.2. The molecular formula is C28H22N2. The highest BCUT2D eigenvalue weighted by Crippen LogP contribution is 2.43. The van der Waals surface area contributed by atoms with Crippen LogP contribution < -0.4 is 0 Å². The molecule has 0 saturated heterocycles. The fourth-order valence-electron chi connectivity index (χ4n) is 4.34. The smallest absolute Gasteiger partial charge is 0.122 e. The maximum atomic E-state index is 4.60. The Bertz CT molecular complexity index is 1110. The van der Waals surface area contributed by atoms with E-state index in [0.29, 0.717) is 0 Å². The molecule has 0 bridgehead atoms. The summed E-state index contributed by atoms with van der Waals surface area (Å²) < 4.78 is 2.31. The lowest BCUT2D eigenvalue weighted by Crippen LogP contribution is -2.37. The van der Waals surface area contributed by atoms with Crippen LogP contribution in [-0.4, -0.2) is 9.55 Å². The van der Waals surface area contributed by atoms with Gasteiger partial charge in [-0.3, -0.25) is 0 Å². The zero-order valence-corrected chi connectivity index (χ0v) is 16.6. The standard InChI is InChI=1S/C28H22N2/c1-5-13-23(14-6-1)27-21-29-22-30(27)28(24-15-7-2-8-16-24,25-17-9-3-10-18-25)26-19-11-4-12-20-26/h1-22H. The fraction of sp³-hybridized carbons (Fsp3) is 0.0357. The van der Waals surface area contributed by atoms with E-state index in [0.717, 1.165) is 11.3 Å². The summed E-state index contributed by atoms with van der Waals surface area (Å²) in [6.07, 6.45) is 3.91. The summed E-state index contributed by atoms with van der Waals surface area (Å²) in [5, 5.41) is 0. The summed E-state index contributed by atoms with van der Waals surface area (Å²) in [5.41, 5.74) is 5.24. The van der Waals surface area contributed by atoms with Crippen molar-refractivity contribution in [2.75, 3.05) is 0 Å². The molecule has 4 aromatic carbocycles. The highest BCUT2D eigenvalue weighted by Gasteiger charge is 2.39. The van der Waals surface area contributed by atoms with Crippen LogP contribution >= 0.6 is 0 Å². The minimum atomic E-state index is -0.550. The van der Waals surface area contributed by atoms with E-state index in [4.69, 9.17) is 0 Å². The Hall–Kier alpha value is -3.91. The average molecular weight is 386 g/mol. The quantitative estimate of drug-likeness (QED) is 0.320. The van der Waals surface area contributed by atoms with Crippen LogP contribution in [-0.2, 0) is 5.54 Å². The van der Waals surface area contributed by atoms with Crippen molar-refractivity contribution < 1.29 is 0 Å². The molecule has 0 amide bonds. The predicted octanol–water partition coefficient (Wildman–Crippen LogP) is 6.39. The Balaban J connectivity index is 1.91. The van der Waals surface area contributed by atoms with Crippen LogP contribution in [0.5, 0.6) is 0 Å². The summed E-state index contributed by atoms with van der Waals surface area (Å²) in [6.45, 7) is 0. The minimum absolute atomic E-state index is 0.550. The van der Waals surface area contributed by atoms with Gasteiger partial charge in [0.1, 0.15) is 5.54 Å². The van der Waals surface area contributed by atoms with Crippen molar-refractivity contribution in [3.05, 3.63) is 151 Å². The zero-order valence-electron chi connectivity index (χ0n) is 16.6. The van der Waals surface area contributed by atoms with Crippen LogP contribution in [0.3, 0.4) is 0 Å². The van der Waals surface area contributed by atoms with Crippen LogP contribution in [0.4, 0.5) is 0 Å². The molecule has 0 N–H and O–H groups in total. The Labute approximate surface area is 177 Å². The second-order valence-corrected chi connectivity index (χ2v) is 7.32. The zero-order chi connectivity index (χ0) is 20.2. The maximum absolute atomic E-state index is 4.60. The Kier molecular flexibility index (Phi) is 4.74. The molecule has 2 heteroatoms. The van der Waals surface area contributed by atoms with E-state index in [1.54, 1.807) is 0 Å². The van der Waals surface area contributed by atoms with Gasteiger partial charge in [-0.2, -0.15) is 0 Å². The van der Waals surface area contributed by atoms with Gasteiger partial charge in [0.15, 0.2) is 0 Å². The molecular weight excluding hydrogens is 364 g/mol. The van der Waals surface area contributed by atoms with Crippen LogP contribution in [0.15, 0.2) is 134 Å². The van der Waals surface area contributed by atoms with E-state index in [2.05, 4.69) is 125 Å². The van der Waals surface area contributed by atoms with Gasteiger partial charge >= 0.3 is 0 Å². The van der Waals surface area contributed by atoms with Crippen molar-refractivity contribution in [3.8, 4) is 11.3 Å². The molecule has 0 radical (unpaired) electrons. The molecule has 5 aromatic rings. The van der Waals surface area contributed by atoms with Crippen LogP contribution in [0, 0.1) is 0 Å². The Morgan fingerprint density at radius 3 is 1.33 bits per heavy atom. The summed E-state index contributed by atoms with van der Waals surface area (Å²) in [7, 11) is 0. The van der Waals surface area contributed by atoms with Crippen molar-refractivity contribution in [1.82, 2.24) is 9.55 Å². The summed E-state index contributed by atoms with van der Waals surface area (Å²) in [6, 6.07) is 42.5. The minimum Gasteiger partial charge on any atom is -0.312 e. The number of hydrogen-bond acceptors (Lipinski definition) is 1. The van der Waals surface area contributed by atoms with Gasteiger partial charge < -0.3 is 4.57 Å². The van der Waals surface area contributed by atoms with E-state index in [9.17, 15) is 0 Å². The monoisotopic (exact) mass is 386 g/mol. The molecule has 0 unspecified atom stereocenters. The van der Waals surface area contributed by atoms with Gasteiger partial charge in [-0.25, -0.2) is 4.98 Å². The number of rotatable bonds is 5. The molecule has 0 fully saturated rings. The van der Waals surface area contributed by atoms with Crippen molar-refractivity contribution in [2.45, 2.75) is 5.54 Å². The molecule has 5 rings (SSSR count). The van der Waals surface area contributed by atoms with E-state index >= 15 is 0 Å². The van der Waals surface area contributed by atoms with E-state index < -0.39 is 5.54 Å². The van der Waals surface area contributed by atoms with Gasteiger partial charge in [0, 0.05) is 0 Å². The third kappa shape index (κ3) is 2.94. The lowest BCUT2D eigenvalue weighted by atomic mass is 9.76. The van der Waals surface area contributed by atoms with Crippen molar-refractivity contribution in [3.63, 3.8) is 0 Å². The van der Waals surface area contributed by atoms with Gasteiger partial charge in [-0.05, 0) is 22.3 Å². The van der Waals surface area contributed by atoms with Gasteiger partial charge in [-0.1, -0.05) is 121 Å². The van der Waals surface area contributed by atoms with Crippen LogP contribution in [0.25, 0.3) is 11.3 Å². The summed E-state index contributed by atoms with van der Waals surface area (Å²) in [5.74, 6) is 0. The molecule has 1 heterocycles. The fourth-order valence-corrected chi connectivity index (χ4v) is 4.34. The second-order valence-electron chi connectivity index (χ2n) is 7.32. The van der Waals surface area contributed by atoms with Gasteiger partial charge in [-0.15, -0.1) is 0 Å². The lowest BCUT2D eigenvalue weighted by Gasteiger charge is -2.38. The number of imidazole rings is 1. The van der Waals surface area contributed by atoms with E-state index in [1.165, 1.54) is 16.7 Å². The Morgan fingerprint density at radius 2 is 0.900 bits per heavy atom. The molecule has 0 saturated carbocycles. The second kappa shape index (κ2) is 7.84. The van der Waals surface area contributed by atoms with Crippen molar-refractivity contribution >= 4 is 0 Å². The molecule has 30 heavy (non-hydrogen) atoms. The number of aromatic nitrogens is 2. The van der Waals surface area contributed by atoms with Crippen molar-refractivity contribution in [1.29, 1.82) is 0 Å². The maximum Gasteiger partial charge on any atom is 0.122 e. The molecule has 1 aromatic heterocycles. The molecule has 2 nitrogen and oxygen atoms in total. The summed E-state index contributed by atoms with van der Waals surface area (Å²) >= 11 is 0. The largest absolute Gasteiger partial charge is 0.312 e. The predicted molar refractivity (Wildman–Crippen MR) is 122 cm³/mol. The third-order valence-corrected chi connectivity index (χ3v) is 5.64. The van der Waals surface area contributed by atoms with Crippen LogP contribution in [0.1, 0.15) is 16.7 Å². The van der Waals surface area contributed by atoms with Crippen molar-refractivity contribution in [2.24, 2.45) is 0 Å². The number of hydrogen-bond donors (Lipinski definition) is 0. The average Bonchev–Trinajstić information content (AvgIpc) is 3.33. The first kappa shape index (κ1) is 18.1. The first-order valence-corrected chi connectivity index (χ1v) is 10.2.